The van der Waals surface area contributed by atoms with Crippen LogP contribution in [0.5, 0.6) is 5.75 Å². The highest BCUT2D eigenvalue weighted by Gasteiger charge is 2.29. The zero-order valence-corrected chi connectivity index (χ0v) is 18.9. The van der Waals surface area contributed by atoms with Gasteiger partial charge in [-0.15, -0.1) is 0 Å². The molecular weight excluding hydrogens is 420 g/mol. The Morgan fingerprint density at radius 3 is 2.19 bits per heavy atom. The minimum Gasteiger partial charge on any atom is -0.497 e. The summed E-state index contributed by atoms with van der Waals surface area (Å²) in [7, 11) is -2.22. The number of carbonyl (C=O) groups excluding carboxylic acids is 2. The highest BCUT2D eigenvalue weighted by molar-refractivity contribution is 7.92. The van der Waals surface area contributed by atoms with Crippen LogP contribution in [-0.2, 0) is 19.6 Å². The lowest BCUT2D eigenvalue weighted by Crippen LogP contribution is -2.45. The minimum atomic E-state index is -3.73. The summed E-state index contributed by atoms with van der Waals surface area (Å²) >= 11 is 0. The third kappa shape index (κ3) is 6.71. The Morgan fingerprint density at radius 1 is 1.06 bits per heavy atom. The summed E-state index contributed by atoms with van der Waals surface area (Å²) in [5, 5.41) is 2.68. The molecule has 0 spiro atoms. The van der Waals surface area contributed by atoms with E-state index in [4.69, 9.17) is 9.47 Å². The monoisotopic (exact) mass is 448 g/mol. The Balaban J connectivity index is 2.12. The predicted octanol–water partition coefficient (Wildman–Crippen LogP) is 3.45. The van der Waals surface area contributed by atoms with Crippen LogP contribution >= 0.6 is 0 Å². The first-order valence-corrected chi connectivity index (χ1v) is 11.7. The molecule has 0 aliphatic heterocycles. The van der Waals surface area contributed by atoms with Crippen molar-refractivity contribution in [1.29, 1.82) is 0 Å². The van der Waals surface area contributed by atoms with Gasteiger partial charge in [0.1, 0.15) is 11.8 Å². The predicted molar refractivity (Wildman–Crippen MR) is 120 cm³/mol. The van der Waals surface area contributed by atoms with Crippen LogP contribution in [-0.4, -0.2) is 46.3 Å². The van der Waals surface area contributed by atoms with E-state index in [0.717, 1.165) is 23.4 Å². The fraction of sp³-hybridized carbons (Fsp3) is 0.364. The molecule has 2 aromatic carbocycles. The van der Waals surface area contributed by atoms with Crippen molar-refractivity contribution < 1.29 is 27.5 Å². The van der Waals surface area contributed by atoms with Crippen molar-refractivity contribution in [3.63, 3.8) is 0 Å². The molecule has 0 aliphatic rings. The number of amides is 1. The summed E-state index contributed by atoms with van der Waals surface area (Å²) in [5.74, 6) is -0.371. The van der Waals surface area contributed by atoms with Crippen LogP contribution in [0.25, 0.3) is 0 Å². The van der Waals surface area contributed by atoms with E-state index in [-0.39, 0.29) is 0 Å². The molecule has 2 aromatic rings. The number of anilines is 2. The molecule has 0 radical (unpaired) electrons. The molecule has 0 aromatic heterocycles. The lowest BCUT2D eigenvalue weighted by Gasteiger charge is -2.28. The Morgan fingerprint density at radius 2 is 1.68 bits per heavy atom. The second-order valence-corrected chi connectivity index (χ2v) is 8.85. The van der Waals surface area contributed by atoms with Crippen molar-refractivity contribution in [3.8, 4) is 5.75 Å². The molecule has 1 N–H and O–H groups in total. The number of ether oxygens (including phenoxy) is 2. The molecule has 1 amide bonds. The maximum atomic E-state index is 12.8. The van der Waals surface area contributed by atoms with E-state index in [2.05, 4.69) is 5.32 Å². The van der Waals surface area contributed by atoms with E-state index in [1.54, 1.807) is 48.5 Å². The molecule has 2 rings (SSSR count). The third-order valence-corrected chi connectivity index (χ3v) is 5.78. The molecule has 0 heterocycles. The molecule has 0 fully saturated rings. The number of hydrogen-bond donors (Lipinski definition) is 1. The van der Waals surface area contributed by atoms with Crippen LogP contribution in [0.3, 0.4) is 0 Å². The summed E-state index contributed by atoms with van der Waals surface area (Å²) in [4.78, 5) is 24.7. The molecule has 168 valence electrons. The highest BCUT2D eigenvalue weighted by Crippen LogP contribution is 2.24. The number of esters is 1. The Kier molecular flexibility index (Phi) is 8.44. The van der Waals surface area contributed by atoms with Crippen LogP contribution < -0.4 is 14.4 Å². The summed E-state index contributed by atoms with van der Waals surface area (Å²) in [6, 6.07) is 11.6. The van der Waals surface area contributed by atoms with Crippen LogP contribution in [0, 0.1) is 0 Å². The molecule has 31 heavy (non-hydrogen) atoms. The summed E-state index contributed by atoms with van der Waals surface area (Å²) in [5.41, 5.74) is 1.15. The molecule has 0 bridgehead atoms. The topological polar surface area (TPSA) is 102 Å². The van der Waals surface area contributed by atoms with Gasteiger partial charge in [-0.25, -0.2) is 13.2 Å². The highest BCUT2D eigenvalue weighted by atomic mass is 32.2. The van der Waals surface area contributed by atoms with E-state index in [1.165, 1.54) is 14.0 Å². The van der Waals surface area contributed by atoms with Gasteiger partial charge in [0.25, 0.3) is 0 Å². The SMILES string of the molecule is CCCCOC(=O)c1ccc(NC(=O)[C@@H](C)N(c2ccc(OC)cc2)S(C)(=O)=O)cc1. The largest absolute Gasteiger partial charge is 0.497 e. The van der Waals surface area contributed by atoms with Gasteiger partial charge < -0.3 is 14.8 Å². The summed E-state index contributed by atoms with van der Waals surface area (Å²) in [6.07, 6.45) is 2.76. The lowest BCUT2D eigenvalue weighted by molar-refractivity contribution is -0.116. The van der Waals surface area contributed by atoms with Gasteiger partial charge >= 0.3 is 5.97 Å². The molecule has 8 nitrogen and oxygen atoms in total. The fourth-order valence-corrected chi connectivity index (χ4v) is 4.04. The second kappa shape index (κ2) is 10.8. The minimum absolute atomic E-state index is 0.344. The van der Waals surface area contributed by atoms with Crippen molar-refractivity contribution in [3.05, 3.63) is 54.1 Å². The molecule has 0 unspecified atom stereocenters. The average Bonchev–Trinajstić information content (AvgIpc) is 2.74. The van der Waals surface area contributed by atoms with Crippen LogP contribution in [0.1, 0.15) is 37.0 Å². The average molecular weight is 449 g/mol. The Labute approximate surface area is 183 Å². The van der Waals surface area contributed by atoms with Gasteiger partial charge in [-0.1, -0.05) is 13.3 Å². The van der Waals surface area contributed by atoms with Crippen LogP contribution in [0.2, 0.25) is 0 Å². The first-order chi connectivity index (χ1) is 14.7. The van der Waals surface area contributed by atoms with Gasteiger partial charge in [0.2, 0.25) is 15.9 Å². The number of rotatable bonds is 10. The molecule has 1 atom stereocenters. The first-order valence-electron chi connectivity index (χ1n) is 9.89. The van der Waals surface area contributed by atoms with Gasteiger partial charge in [-0.3, -0.25) is 9.10 Å². The standard InChI is InChI=1S/C22H28N2O6S/c1-5-6-15-30-22(26)17-7-9-18(10-8-17)23-21(25)16(2)24(31(4,27)28)19-11-13-20(29-3)14-12-19/h7-14,16H,5-6,15H2,1-4H3,(H,23,25)/t16-/m1/s1. The maximum Gasteiger partial charge on any atom is 0.338 e. The van der Waals surface area contributed by atoms with Crippen molar-refractivity contribution in [1.82, 2.24) is 0 Å². The van der Waals surface area contributed by atoms with Crippen LogP contribution in [0.15, 0.2) is 48.5 Å². The molecule has 9 heteroatoms. The van der Waals surface area contributed by atoms with Gasteiger partial charge in [-0.2, -0.15) is 0 Å². The number of carbonyl (C=O) groups is 2. The van der Waals surface area contributed by atoms with Crippen molar-refractivity contribution in [2.75, 3.05) is 29.6 Å². The molecule has 0 saturated heterocycles. The van der Waals surface area contributed by atoms with Gasteiger partial charge in [0.15, 0.2) is 0 Å². The van der Waals surface area contributed by atoms with E-state index in [9.17, 15) is 18.0 Å². The number of sulfonamides is 1. The molecule has 0 saturated carbocycles. The van der Waals surface area contributed by atoms with E-state index < -0.39 is 27.9 Å². The molecule has 0 aliphatic carbocycles. The van der Waals surface area contributed by atoms with Gasteiger partial charge in [0, 0.05) is 5.69 Å². The third-order valence-electron chi connectivity index (χ3n) is 4.53. The number of methoxy groups -OCH3 is 1. The summed E-state index contributed by atoms with van der Waals surface area (Å²) < 4.78 is 36.0. The summed E-state index contributed by atoms with van der Waals surface area (Å²) in [6.45, 7) is 3.87. The molecular formula is C22H28N2O6S. The number of benzene rings is 2. The van der Waals surface area contributed by atoms with E-state index in [0.29, 0.717) is 29.3 Å². The number of hydrogen-bond acceptors (Lipinski definition) is 6. The normalized spacial score (nSPS) is 12.0. The van der Waals surface area contributed by atoms with E-state index in [1.807, 2.05) is 6.92 Å². The second-order valence-electron chi connectivity index (χ2n) is 6.99. The smallest absolute Gasteiger partial charge is 0.338 e. The zero-order chi connectivity index (χ0) is 23.0. The number of nitrogens with one attached hydrogen (secondary N) is 1. The number of nitrogens with zero attached hydrogens (tertiary/aromatic N) is 1. The fourth-order valence-electron chi connectivity index (χ4n) is 2.87. The first kappa shape index (κ1) is 24.2. The van der Waals surface area contributed by atoms with Crippen molar-refractivity contribution >= 4 is 33.3 Å². The maximum absolute atomic E-state index is 12.8. The quantitative estimate of drug-likeness (QED) is 0.441. The van der Waals surface area contributed by atoms with Crippen molar-refractivity contribution in [2.45, 2.75) is 32.7 Å². The van der Waals surface area contributed by atoms with Crippen LogP contribution in [0.4, 0.5) is 11.4 Å². The van der Waals surface area contributed by atoms with Gasteiger partial charge in [-0.05, 0) is 61.9 Å². The Hall–Kier alpha value is -3.07. The van der Waals surface area contributed by atoms with Crippen molar-refractivity contribution in [2.24, 2.45) is 0 Å². The number of unbranched alkanes of at least 4 members (excludes halogenated alkanes) is 1. The van der Waals surface area contributed by atoms with E-state index >= 15 is 0 Å². The van der Waals surface area contributed by atoms with Gasteiger partial charge in [0.05, 0.1) is 31.2 Å². The lowest BCUT2D eigenvalue weighted by atomic mass is 10.2. The zero-order valence-electron chi connectivity index (χ0n) is 18.1. The Bertz CT molecular complexity index is 988.